The van der Waals surface area contributed by atoms with Crippen molar-refractivity contribution in [3.8, 4) is 10.4 Å². The van der Waals surface area contributed by atoms with Gasteiger partial charge in [0.25, 0.3) is 0 Å². The largest absolute Gasteiger partial charge is 0.391 e. The van der Waals surface area contributed by atoms with Gasteiger partial charge in [-0.2, -0.15) is 0 Å². The van der Waals surface area contributed by atoms with Gasteiger partial charge in [0.2, 0.25) is 11.8 Å². The second-order valence-electron chi connectivity index (χ2n) is 12.0. The van der Waals surface area contributed by atoms with Crippen LogP contribution in [0, 0.1) is 18.3 Å². The highest BCUT2D eigenvalue weighted by atomic mass is 32.1. The number of carbonyl (C=O) groups is 3. The lowest BCUT2D eigenvalue weighted by molar-refractivity contribution is -0.146. The molecule has 0 radical (unpaired) electrons. The number of aromatic nitrogens is 1. The zero-order valence-corrected chi connectivity index (χ0v) is 25.3. The maximum Gasteiger partial charge on any atom is 0.243 e. The molecule has 0 bridgehead atoms. The fourth-order valence-corrected chi connectivity index (χ4v) is 6.07. The van der Waals surface area contributed by atoms with Crippen molar-refractivity contribution in [3.05, 3.63) is 41.0 Å². The molecule has 2 amide bonds. The molecule has 1 aromatic carbocycles. The molecular weight excluding hydrogens is 524 g/mol. The van der Waals surface area contributed by atoms with Gasteiger partial charge in [-0.1, -0.05) is 64.3 Å². The Morgan fingerprint density at radius 2 is 1.80 bits per heavy atom. The number of carbonyl (C=O) groups excluding carboxylic acids is 3. The molecule has 1 aromatic heterocycles. The topological polar surface area (TPSA) is 126 Å². The van der Waals surface area contributed by atoms with Crippen LogP contribution in [0.4, 0.5) is 0 Å². The molecule has 1 aliphatic rings. The van der Waals surface area contributed by atoms with E-state index in [0.717, 1.165) is 53.8 Å². The summed E-state index contributed by atoms with van der Waals surface area (Å²) in [5.74, 6) is -1.00. The standard InChI is InChI=1S/C31H46N4O4S/c1-21-28(40-20-34-21)23-13-11-22(12-14-23)18-33-29(38)27-17-25(37)19-35(27)30(39)26(31(2,3)4)16-24(36)10-8-6-5-7-9-15-32/h11-14,20,25-27,37H,5-10,15-19,32H2,1-4H3,(H,33,38)/t25-,26-,27+/m1/s1. The van der Waals surface area contributed by atoms with Gasteiger partial charge in [0.1, 0.15) is 11.8 Å². The zero-order valence-electron chi connectivity index (χ0n) is 24.4. The Kier molecular flexibility index (Phi) is 11.8. The third-order valence-corrected chi connectivity index (χ3v) is 8.71. The van der Waals surface area contributed by atoms with E-state index in [9.17, 15) is 19.5 Å². The molecule has 4 N–H and O–H groups in total. The summed E-state index contributed by atoms with van der Waals surface area (Å²) in [7, 11) is 0. The van der Waals surface area contributed by atoms with Crippen LogP contribution in [0.25, 0.3) is 10.4 Å². The Labute approximate surface area is 242 Å². The van der Waals surface area contributed by atoms with E-state index < -0.39 is 23.5 Å². The summed E-state index contributed by atoms with van der Waals surface area (Å²) in [6, 6.07) is 7.22. The second-order valence-corrected chi connectivity index (χ2v) is 12.9. The fraction of sp³-hybridized carbons (Fsp3) is 0.613. The highest BCUT2D eigenvalue weighted by Gasteiger charge is 2.44. The summed E-state index contributed by atoms with van der Waals surface area (Å²) >= 11 is 1.59. The first-order valence-electron chi connectivity index (χ1n) is 14.5. The van der Waals surface area contributed by atoms with E-state index in [2.05, 4.69) is 10.3 Å². The number of benzene rings is 1. The molecule has 0 saturated carbocycles. The van der Waals surface area contributed by atoms with Crippen molar-refractivity contribution in [2.45, 2.75) is 97.8 Å². The first kappa shape index (κ1) is 31.9. The lowest BCUT2D eigenvalue weighted by Gasteiger charge is -2.34. The van der Waals surface area contributed by atoms with Crippen LogP contribution >= 0.6 is 11.3 Å². The number of likely N-dealkylation sites (tertiary alicyclic amines) is 1. The minimum Gasteiger partial charge on any atom is -0.391 e. The number of aliphatic hydroxyl groups excluding tert-OH is 1. The van der Waals surface area contributed by atoms with Gasteiger partial charge in [-0.3, -0.25) is 14.4 Å². The van der Waals surface area contributed by atoms with Gasteiger partial charge in [-0.05, 0) is 42.9 Å². The summed E-state index contributed by atoms with van der Waals surface area (Å²) in [5.41, 5.74) is 9.92. The Morgan fingerprint density at radius 3 is 2.42 bits per heavy atom. The average molecular weight is 571 g/mol. The number of rotatable bonds is 14. The fourth-order valence-electron chi connectivity index (χ4n) is 5.26. The Hall–Kier alpha value is -2.62. The quantitative estimate of drug-likeness (QED) is 0.285. The van der Waals surface area contributed by atoms with E-state index in [1.807, 2.05) is 57.5 Å². The predicted octanol–water partition coefficient (Wildman–Crippen LogP) is 4.62. The first-order chi connectivity index (χ1) is 19.0. The zero-order chi connectivity index (χ0) is 29.3. The lowest BCUT2D eigenvalue weighted by atomic mass is 9.76. The number of nitrogens with zero attached hydrogens (tertiary/aromatic N) is 2. The van der Waals surface area contributed by atoms with Crippen LogP contribution < -0.4 is 11.1 Å². The first-order valence-corrected chi connectivity index (χ1v) is 15.4. The number of thiazole rings is 1. The minimum atomic E-state index is -0.772. The normalized spacial score (nSPS) is 18.1. The summed E-state index contributed by atoms with van der Waals surface area (Å²) in [6.07, 6.45) is 4.96. The van der Waals surface area contributed by atoms with Crippen LogP contribution in [-0.2, 0) is 20.9 Å². The molecule has 40 heavy (non-hydrogen) atoms. The van der Waals surface area contributed by atoms with Gasteiger partial charge in [0, 0.05) is 38.3 Å². The summed E-state index contributed by atoms with van der Waals surface area (Å²) in [6.45, 7) is 8.95. The number of unbranched alkanes of at least 4 members (excludes halogenated alkanes) is 4. The molecule has 0 unspecified atom stereocenters. The number of nitrogens with one attached hydrogen (secondary N) is 1. The SMILES string of the molecule is Cc1ncsc1-c1ccc(CNC(=O)[C@@H]2C[C@@H](O)CN2C(=O)[C@@H](CC(=O)CCCCCCCN)C(C)(C)C)cc1. The molecular formula is C31H46N4O4S. The van der Waals surface area contributed by atoms with E-state index in [1.54, 1.807) is 11.3 Å². The molecule has 0 spiro atoms. The number of aliphatic hydroxyl groups is 1. The number of Topliss-reactive ketones (excluding diaryl/α,β-unsaturated/α-hetero) is 1. The van der Waals surface area contributed by atoms with Crippen LogP contribution in [0.1, 0.15) is 83.4 Å². The molecule has 1 saturated heterocycles. The third kappa shape index (κ3) is 8.94. The number of amides is 2. The molecule has 2 aromatic rings. The van der Waals surface area contributed by atoms with Gasteiger partial charge in [0.05, 0.1) is 22.2 Å². The molecule has 0 aliphatic carbocycles. The number of ketones is 1. The van der Waals surface area contributed by atoms with Gasteiger partial charge >= 0.3 is 0 Å². The Morgan fingerprint density at radius 1 is 1.12 bits per heavy atom. The van der Waals surface area contributed by atoms with Crippen LogP contribution in [0.2, 0.25) is 0 Å². The average Bonchev–Trinajstić information content (AvgIpc) is 3.52. The van der Waals surface area contributed by atoms with E-state index in [4.69, 9.17) is 5.73 Å². The van der Waals surface area contributed by atoms with Crippen molar-refractivity contribution in [1.29, 1.82) is 0 Å². The maximum atomic E-state index is 13.8. The van der Waals surface area contributed by atoms with Crippen molar-refractivity contribution >= 4 is 28.9 Å². The van der Waals surface area contributed by atoms with Crippen LogP contribution in [0.5, 0.6) is 0 Å². The molecule has 1 aliphatic heterocycles. The summed E-state index contributed by atoms with van der Waals surface area (Å²) in [5, 5.41) is 13.4. The minimum absolute atomic E-state index is 0.0739. The number of aryl methyl sites for hydroxylation is 1. The van der Waals surface area contributed by atoms with E-state index in [-0.39, 0.29) is 37.0 Å². The van der Waals surface area contributed by atoms with Gasteiger partial charge < -0.3 is 21.1 Å². The smallest absolute Gasteiger partial charge is 0.243 e. The number of β-amino-alcohol motifs (C(OH)–C–C–N with tert-alkyl or cyclic N) is 1. The molecule has 2 heterocycles. The monoisotopic (exact) mass is 570 g/mol. The second kappa shape index (κ2) is 14.8. The number of hydrogen-bond acceptors (Lipinski definition) is 7. The van der Waals surface area contributed by atoms with Crippen LogP contribution in [0.15, 0.2) is 29.8 Å². The van der Waals surface area contributed by atoms with E-state index in [1.165, 1.54) is 4.90 Å². The number of hydrogen-bond donors (Lipinski definition) is 3. The van der Waals surface area contributed by atoms with Crippen molar-refractivity contribution < 1.29 is 19.5 Å². The van der Waals surface area contributed by atoms with E-state index in [0.29, 0.717) is 19.5 Å². The van der Waals surface area contributed by atoms with E-state index >= 15 is 0 Å². The highest BCUT2D eigenvalue weighted by Crippen LogP contribution is 2.34. The van der Waals surface area contributed by atoms with Crippen LogP contribution in [0.3, 0.4) is 0 Å². The van der Waals surface area contributed by atoms with Crippen molar-refractivity contribution in [2.75, 3.05) is 13.1 Å². The lowest BCUT2D eigenvalue weighted by Crippen LogP contribution is -2.50. The third-order valence-electron chi connectivity index (χ3n) is 7.73. The predicted molar refractivity (Wildman–Crippen MR) is 160 cm³/mol. The number of nitrogens with two attached hydrogens (primary N) is 1. The van der Waals surface area contributed by atoms with Crippen molar-refractivity contribution in [1.82, 2.24) is 15.2 Å². The molecule has 1 fully saturated rings. The molecule has 8 nitrogen and oxygen atoms in total. The summed E-state index contributed by atoms with van der Waals surface area (Å²) in [4.78, 5) is 46.7. The van der Waals surface area contributed by atoms with Crippen molar-refractivity contribution in [3.63, 3.8) is 0 Å². The molecule has 3 atom stereocenters. The summed E-state index contributed by atoms with van der Waals surface area (Å²) < 4.78 is 0. The van der Waals surface area contributed by atoms with Gasteiger partial charge in [-0.15, -0.1) is 11.3 Å². The molecule has 9 heteroatoms. The maximum absolute atomic E-state index is 13.8. The molecule has 220 valence electrons. The van der Waals surface area contributed by atoms with Gasteiger partial charge in [0.15, 0.2) is 0 Å². The Bertz CT molecular complexity index is 1130. The van der Waals surface area contributed by atoms with Crippen molar-refractivity contribution in [2.24, 2.45) is 17.1 Å². The van der Waals surface area contributed by atoms with Gasteiger partial charge in [-0.25, -0.2) is 4.98 Å². The van der Waals surface area contributed by atoms with Crippen LogP contribution in [-0.4, -0.2) is 57.8 Å². The Balaban J connectivity index is 1.59. The molecule has 3 rings (SSSR count). The highest BCUT2D eigenvalue weighted by molar-refractivity contribution is 7.13.